The molecule has 0 spiro atoms. The van der Waals surface area contributed by atoms with Crippen molar-refractivity contribution in [1.82, 2.24) is 0 Å². The van der Waals surface area contributed by atoms with E-state index in [1.807, 2.05) is 0 Å². The van der Waals surface area contributed by atoms with Crippen LogP contribution in [0, 0.1) is 0 Å². The molecule has 32 valence electrons. The van der Waals surface area contributed by atoms with E-state index in [0.29, 0.717) is 0 Å². The van der Waals surface area contributed by atoms with Crippen LogP contribution < -0.4 is 0 Å². The van der Waals surface area contributed by atoms with Crippen LogP contribution >= 0.6 is 0 Å². The predicted octanol–water partition coefficient (Wildman–Crippen LogP) is -2.06. The molecule has 0 rings (SSSR count). The zero-order chi connectivity index (χ0) is 4.50. The second-order valence-electron chi connectivity index (χ2n) is 0.448. The Balaban J connectivity index is 4.06. The maximum absolute atomic E-state index is 3.06. The van der Waals surface area contributed by atoms with Crippen LogP contribution in [0.15, 0.2) is 0 Å². The number of rotatable bonds is 0. The van der Waals surface area contributed by atoms with E-state index in [0.717, 1.165) is 0 Å². The van der Waals surface area contributed by atoms with Gasteiger partial charge in [-0.1, -0.05) is 0 Å². The molecule has 0 saturated heterocycles. The molecule has 0 N–H and O–H groups in total. The molecule has 0 fully saturated rings. The topological polar surface area (TPSA) is 0 Å². The number of hydrogen-bond donors (Lipinski definition) is 0. The van der Waals surface area contributed by atoms with Gasteiger partial charge in [0.1, 0.15) is 0 Å². The summed E-state index contributed by atoms with van der Waals surface area (Å²) in [6.45, 7) is -1.39. The van der Waals surface area contributed by atoms with Gasteiger partial charge in [0.2, 0.25) is 0 Å². The van der Waals surface area contributed by atoms with Crippen molar-refractivity contribution < 1.29 is 6.62 Å². The molecule has 0 saturated carbocycles. The molecular weight excluding hydrogens is 412 g/mol. The first-order chi connectivity index (χ1) is 2.00. The molecule has 0 amide bonds. The zero-order valence-electron chi connectivity index (χ0n) is 2.12. The Morgan fingerprint density at radius 2 is 1.20 bits per heavy atom. The van der Waals surface area contributed by atoms with Crippen molar-refractivity contribution in [3.05, 3.63) is 0 Å². The summed E-state index contributed by atoms with van der Waals surface area (Å²) < 4.78 is 0. The fourth-order valence-corrected chi connectivity index (χ4v) is 0. The van der Waals surface area contributed by atoms with Crippen LogP contribution in [0.5, 0.6) is 0 Å². The fourth-order valence-electron chi connectivity index (χ4n) is 0. The van der Waals surface area contributed by atoms with E-state index in [1.165, 1.54) is 0 Å². The van der Waals surface area contributed by atoms with E-state index in [1.54, 1.807) is 0 Å². The van der Waals surface area contributed by atoms with Gasteiger partial charge in [-0.05, 0) is 0 Å². The van der Waals surface area contributed by atoms with Gasteiger partial charge in [0.15, 0.2) is 0 Å². The summed E-state index contributed by atoms with van der Waals surface area (Å²) in [7, 11) is 0. The summed E-state index contributed by atoms with van der Waals surface area (Å²) >= 11 is 11.4. The molecule has 0 unspecified atom stereocenters. The van der Waals surface area contributed by atoms with Crippen LogP contribution in [0.2, 0.25) is 0 Å². The average Bonchev–Trinajstić information content (AvgIpc) is 0.722. The molecule has 0 nitrogen and oxygen atoms in total. The molecule has 0 heterocycles. The molecular formula is H2MoSe4. The van der Waals surface area contributed by atoms with Crippen LogP contribution in [0.4, 0.5) is 0 Å². The van der Waals surface area contributed by atoms with Gasteiger partial charge >= 0.3 is 59.0 Å². The third-order valence-corrected chi connectivity index (χ3v) is 0. The summed E-state index contributed by atoms with van der Waals surface area (Å²) in [5.41, 5.74) is 0. The molecule has 0 aliphatic carbocycles. The van der Waals surface area contributed by atoms with Gasteiger partial charge in [0.25, 0.3) is 0 Å². The van der Waals surface area contributed by atoms with E-state index in [4.69, 9.17) is 0 Å². The molecule has 0 aliphatic heterocycles. The Hall–Kier alpha value is 2.77. The summed E-state index contributed by atoms with van der Waals surface area (Å²) in [4.78, 5) is 0. The maximum atomic E-state index is 3.06. The first-order valence-corrected chi connectivity index (χ1v) is 21.5. The summed E-state index contributed by atoms with van der Waals surface area (Å²) in [6.07, 6.45) is 0. The van der Waals surface area contributed by atoms with Gasteiger partial charge in [0.05, 0.1) is 0 Å². The van der Waals surface area contributed by atoms with E-state index in [-0.39, 0.29) is 0 Å². The molecule has 5 heteroatoms. The van der Waals surface area contributed by atoms with Gasteiger partial charge in [-0.3, -0.25) is 0 Å². The van der Waals surface area contributed by atoms with Gasteiger partial charge in [0, 0.05) is 0 Å². The molecule has 0 aliphatic rings. The predicted molar refractivity (Wildman–Crippen MR) is 25.8 cm³/mol. The molecule has 0 bridgehead atoms. The molecule has 0 aromatic carbocycles. The van der Waals surface area contributed by atoms with Crippen LogP contribution in [0.3, 0.4) is 0 Å². The van der Waals surface area contributed by atoms with Crippen molar-refractivity contribution in [2.24, 2.45) is 0 Å². The van der Waals surface area contributed by atoms with Crippen molar-refractivity contribution in [2.75, 3.05) is 0 Å². The normalized spacial score (nSPS) is 11.6. The van der Waals surface area contributed by atoms with Gasteiger partial charge in [-0.15, -0.1) is 0 Å². The first kappa shape index (κ1) is 7.77. The summed E-state index contributed by atoms with van der Waals surface area (Å²) in [6, 6.07) is 0. The Bertz CT molecular complexity index is 86.8. The van der Waals surface area contributed by atoms with Crippen molar-refractivity contribution in [1.29, 1.82) is 0 Å². The van der Waals surface area contributed by atoms with Crippen molar-refractivity contribution in [3.8, 4) is 0 Å². The second-order valence-corrected chi connectivity index (χ2v) is 71.5. The van der Waals surface area contributed by atoms with Crippen LogP contribution in [-0.2, 0) is 6.62 Å². The Kier molecular flexibility index (Phi) is 4.55. The summed E-state index contributed by atoms with van der Waals surface area (Å²) in [5, 5.41) is 0. The van der Waals surface area contributed by atoms with E-state index >= 15 is 0 Å². The molecule has 0 aromatic heterocycles. The minimum atomic E-state index is -1.39. The summed E-state index contributed by atoms with van der Waals surface area (Å²) in [5.74, 6) is 0. The van der Waals surface area contributed by atoms with Gasteiger partial charge in [-0.2, -0.15) is 0 Å². The fraction of sp³-hybridized carbons (Fsp3) is 0. The molecule has 0 aromatic rings. The molecule has 5 heavy (non-hydrogen) atoms. The third kappa shape index (κ3) is 20.1. The first-order valence-electron chi connectivity index (χ1n) is 0.698. The minimum absolute atomic E-state index is 1.39. The third-order valence-electron chi connectivity index (χ3n) is 0. The van der Waals surface area contributed by atoms with Crippen LogP contribution in [0.1, 0.15) is 0 Å². The Morgan fingerprint density at radius 3 is 1.20 bits per heavy atom. The van der Waals surface area contributed by atoms with Crippen LogP contribution in [0.25, 0.3) is 0 Å². The second kappa shape index (κ2) is 2.93. The van der Waals surface area contributed by atoms with Crippen molar-refractivity contribution >= 4 is 52.4 Å². The Morgan fingerprint density at radius 1 is 1.20 bits per heavy atom. The zero-order valence-corrected chi connectivity index (χ0v) is 11.3. The SMILES string of the molecule is [Se]=[Mo](=[Se])([SeH])[SeH]. The molecule has 0 atom stereocenters. The van der Waals surface area contributed by atoms with Gasteiger partial charge < -0.3 is 0 Å². The molecule has 0 radical (unpaired) electrons. The standard InChI is InChI=1S/Mo.2H2Se.2Se/h;2*1H2;;/q+2;;;;/p-2. The van der Waals surface area contributed by atoms with Crippen molar-refractivity contribution in [2.45, 2.75) is 0 Å². The van der Waals surface area contributed by atoms with Crippen molar-refractivity contribution in [3.63, 3.8) is 0 Å². The average molecular weight is 414 g/mol. The van der Waals surface area contributed by atoms with Crippen LogP contribution in [-0.4, -0.2) is 52.4 Å². The van der Waals surface area contributed by atoms with Gasteiger partial charge in [-0.25, -0.2) is 0 Å². The van der Waals surface area contributed by atoms with E-state index in [2.05, 4.69) is 52.4 Å². The number of hydrogen-bond acceptors (Lipinski definition) is 0. The monoisotopic (exact) mass is 420 g/mol. The van der Waals surface area contributed by atoms with E-state index < -0.39 is 6.62 Å². The van der Waals surface area contributed by atoms with E-state index in [9.17, 15) is 0 Å². The Labute approximate surface area is 57.8 Å². The quantitative estimate of drug-likeness (QED) is 0.401.